The lowest BCUT2D eigenvalue weighted by Gasteiger charge is -2.29. The molecule has 0 aliphatic carbocycles. The third kappa shape index (κ3) is 3.90. The van der Waals surface area contributed by atoms with Crippen molar-refractivity contribution in [3.63, 3.8) is 0 Å². The molecule has 0 saturated carbocycles. The first-order valence-corrected chi connectivity index (χ1v) is 11.1. The van der Waals surface area contributed by atoms with E-state index >= 15 is 0 Å². The Morgan fingerprint density at radius 3 is 2.53 bits per heavy atom. The van der Waals surface area contributed by atoms with Gasteiger partial charge in [-0.2, -0.15) is 4.98 Å². The fraction of sp³-hybridized carbons (Fsp3) is 0.458. The van der Waals surface area contributed by atoms with Crippen LogP contribution in [-0.2, 0) is 0 Å². The number of ether oxygens (including phenoxy) is 2. The van der Waals surface area contributed by atoms with Gasteiger partial charge in [0.05, 0.1) is 6.54 Å². The van der Waals surface area contributed by atoms with Crippen LogP contribution in [0.15, 0.2) is 28.8 Å². The summed E-state index contributed by atoms with van der Waals surface area (Å²) in [5, 5.41) is 3.90. The molecule has 0 bridgehead atoms. The molecule has 2 aromatic heterocycles. The van der Waals surface area contributed by atoms with Crippen molar-refractivity contribution in [3.05, 3.63) is 52.9 Å². The maximum Gasteiger partial charge on any atom is 0.229 e. The highest BCUT2D eigenvalue weighted by Crippen LogP contribution is 2.34. The van der Waals surface area contributed by atoms with Crippen molar-refractivity contribution in [1.82, 2.24) is 19.6 Å². The van der Waals surface area contributed by atoms with Crippen LogP contribution in [0.5, 0.6) is 11.5 Å². The lowest BCUT2D eigenvalue weighted by atomic mass is 9.96. The molecule has 168 valence electrons. The number of aryl methyl sites for hydroxylation is 2. The minimum atomic E-state index is 0.147. The Labute approximate surface area is 187 Å². The van der Waals surface area contributed by atoms with Crippen molar-refractivity contribution in [1.29, 1.82) is 0 Å². The van der Waals surface area contributed by atoms with Gasteiger partial charge in [0.2, 0.25) is 5.89 Å². The van der Waals surface area contributed by atoms with E-state index in [4.69, 9.17) is 14.0 Å². The Balaban J connectivity index is 1.28. The number of rotatable bonds is 5. The van der Waals surface area contributed by atoms with Crippen molar-refractivity contribution >= 4 is 5.78 Å². The van der Waals surface area contributed by atoms with E-state index < -0.39 is 0 Å². The van der Waals surface area contributed by atoms with Gasteiger partial charge in [-0.3, -0.25) is 9.69 Å². The van der Waals surface area contributed by atoms with Crippen molar-refractivity contribution in [2.75, 3.05) is 32.8 Å². The smallest absolute Gasteiger partial charge is 0.229 e. The van der Waals surface area contributed by atoms with E-state index in [1.807, 2.05) is 45.0 Å². The molecule has 32 heavy (non-hydrogen) atoms. The number of aromatic nitrogens is 3. The lowest BCUT2D eigenvalue weighted by molar-refractivity contribution is 0.0904. The number of hydrogen-bond donors (Lipinski definition) is 0. The number of hydrogen-bond acceptors (Lipinski definition) is 7. The van der Waals surface area contributed by atoms with Crippen molar-refractivity contribution < 1.29 is 18.8 Å². The van der Waals surface area contributed by atoms with E-state index in [1.165, 1.54) is 0 Å². The summed E-state index contributed by atoms with van der Waals surface area (Å²) >= 11 is 0. The number of likely N-dealkylation sites (tertiary alicyclic amines) is 1. The highest BCUT2D eigenvalue weighted by molar-refractivity contribution is 5.99. The van der Waals surface area contributed by atoms with Gasteiger partial charge in [0.1, 0.15) is 13.2 Å². The summed E-state index contributed by atoms with van der Waals surface area (Å²) in [6.45, 7) is 9.09. The Morgan fingerprint density at radius 1 is 1.06 bits per heavy atom. The molecule has 2 aliphatic heterocycles. The predicted molar refractivity (Wildman–Crippen MR) is 118 cm³/mol. The molecular formula is C24H28N4O4. The van der Waals surface area contributed by atoms with Crippen LogP contribution in [0.25, 0.3) is 5.69 Å². The van der Waals surface area contributed by atoms with Crippen LogP contribution in [0.2, 0.25) is 0 Å². The summed E-state index contributed by atoms with van der Waals surface area (Å²) in [5.74, 6) is 3.32. The van der Waals surface area contributed by atoms with Crippen molar-refractivity contribution in [2.24, 2.45) is 0 Å². The van der Waals surface area contributed by atoms with Gasteiger partial charge in [0.15, 0.2) is 23.1 Å². The monoisotopic (exact) mass is 436 g/mol. The van der Waals surface area contributed by atoms with E-state index in [9.17, 15) is 4.79 Å². The fourth-order valence-electron chi connectivity index (χ4n) is 4.72. The Morgan fingerprint density at radius 2 is 1.81 bits per heavy atom. The van der Waals surface area contributed by atoms with Crippen LogP contribution in [0.1, 0.15) is 52.2 Å². The molecule has 0 radical (unpaired) electrons. The molecule has 1 aromatic carbocycles. The molecular weight excluding hydrogens is 408 g/mol. The van der Waals surface area contributed by atoms with Crippen molar-refractivity contribution in [2.45, 2.75) is 39.5 Å². The molecule has 5 rings (SSSR count). The number of fused-ring (bicyclic) bond motifs is 1. The summed E-state index contributed by atoms with van der Waals surface area (Å²) in [4.78, 5) is 19.8. The fourth-order valence-corrected chi connectivity index (χ4v) is 4.72. The molecule has 0 N–H and O–H groups in total. The molecule has 0 unspecified atom stereocenters. The van der Waals surface area contributed by atoms with Gasteiger partial charge >= 0.3 is 0 Å². The second-order valence-electron chi connectivity index (χ2n) is 8.60. The predicted octanol–water partition coefficient (Wildman–Crippen LogP) is 3.62. The Kier molecular flexibility index (Phi) is 5.46. The van der Waals surface area contributed by atoms with Crippen LogP contribution >= 0.6 is 0 Å². The maximum absolute atomic E-state index is 13.2. The summed E-state index contributed by atoms with van der Waals surface area (Å²) in [6, 6.07) is 7.90. The van der Waals surface area contributed by atoms with Crippen LogP contribution < -0.4 is 9.47 Å². The summed E-state index contributed by atoms with van der Waals surface area (Å²) < 4.78 is 18.8. The summed E-state index contributed by atoms with van der Waals surface area (Å²) in [6.07, 6.45) is 1.84. The second kappa shape index (κ2) is 8.43. The first-order chi connectivity index (χ1) is 15.5. The third-order valence-electron chi connectivity index (χ3n) is 6.36. The van der Waals surface area contributed by atoms with Crippen LogP contribution in [0.4, 0.5) is 0 Å². The highest BCUT2D eigenvalue weighted by atomic mass is 16.6. The quantitative estimate of drug-likeness (QED) is 0.565. The van der Waals surface area contributed by atoms with Gasteiger partial charge in [0.25, 0.3) is 0 Å². The normalized spacial score (nSPS) is 17.0. The van der Waals surface area contributed by atoms with Gasteiger partial charge < -0.3 is 18.6 Å². The Bertz CT molecular complexity index is 1140. The standard InChI is InChI=1S/C24H28N4O4/c1-15-12-20(16(2)28(15)19-4-5-22-23(13-19)31-11-10-30-22)21(29)14-27-8-6-18(7-9-27)24-25-17(3)26-32-24/h4-5,12-13,18H,6-11,14H2,1-3H3. The summed E-state index contributed by atoms with van der Waals surface area (Å²) in [7, 11) is 0. The van der Waals surface area contributed by atoms with E-state index in [1.54, 1.807) is 0 Å². The zero-order valence-corrected chi connectivity index (χ0v) is 18.8. The number of piperidine rings is 1. The van der Waals surface area contributed by atoms with Crippen LogP contribution in [0, 0.1) is 20.8 Å². The Hall–Kier alpha value is -3.13. The first-order valence-electron chi connectivity index (χ1n) is 11.1. The van der Waals surface area contributed by atoms with E-state index in [2.05, 4.69) is 19.6 Å². The molecule has 8 nitrogen and oxygen atoms in total. The van der Waals surface area contributed by atoms with Crippen LogP contribution in [0.3, 0.4) is 0 Å². The topological polar surface area (TPSA) is 82.6 Å². The average Bonchev–Trinajstić information content (AvgIpc) is 3.36. The zero-order chi connectivity index (χ0) is 22.2. The average molecular weight is 437 g/mol. The number of benzene rings is 1. The number of carbonyl (C=O) groups excluding carboxylic acids is 1. The largest absolute Gasteiger partial charge is 0.486 e. The van der Waals surface area contributed by atoms with E-state index in [0.717, 1.165) is 66.0 Å². The second-order valence-corrected chi connectivity index (χ2v) is 8.60. The van der Waals surface area contributed by atoms with Gasteiger partial charge in [-0.25, -0.2) is 0 Å². The van der Waals surface area contributed by atoms with E-state index in [0.29, 0.717) is 25.6 Å². The van der Waals surface area contributed by atoms with Gasteiger partial charge in [-0.05, 0) is 64.9 Å². The maximum atomic E-state index is 13.2. The SMILES string of the molecule is Cc1noc(C2CCN(CC(=O)c3cc(C)n(-c4ccc5c(c4)OCCO5)c3C)CC2)n1. The molecule has 2 aliphatic rings. The molecule has 4 heterocycles. The molecule has 3 aromatic rings. The van der Waals surface area contributed by atoms with Gasteiger partial charge in [0, 0.05) is 34.6 Å². The number of Topliss-reactive ketones (excluding diaryl/α,β-unsaturated/α-hetero) is 1. The number of ketones is 1. The van der Waals surface area contributed by atoms with Gasteiger partial charge in [-0.15, -0.1) is 0 Å². The zero-order valence-electron chi connectivity index (χ0n) is 18.8. The first kappa shape index (κ1) is 20.8. The molecule has 8 heteroatoms. The molecule has 1 fully saturated rings. The third-order valence-corrected chi connectivity index (χ3v) is 6.36. The highest BCUT2D eigenvalue weighted by Gasteiger charge is 2.27. The molecule has 1 saturated heterocycles. The molecule has 0 atom stereocenters. The lowest BCUT2D eigenvalue weighted by Crippen LogP contribution is -2.37. The number of carbonyl (C=O) groups is 1. The van der Waals surface area contributed by atoms with Crippen LogP contribution in [-0.4, -0.2) is 58.2 Å². The van der Waals surface area contributed by atoms with E-state index in [-0.39, 0.29) is 11.7 Å². The molecule has 0 spiro atoms. The summed E-state index contributed by atoms with van der Waals surface area (Å²) in [5.41, 5.74) is 3.71. The number of nitrogens with zero attached hydrogens (tertiary/aromatic N) is 4. The molecule has 0 amide bonds. The van der Waals surface area contributed by atoms with Gasteiger partial charge in [-0.1, -0.05) is 5.16 Å². The minimum absolute atomic E-state index is 0.147. The minimum Gasteiger partial charge on any atom is -0.486 e. The van der Waals surface area contributed by atoms with Crippen molar-refractivity contribution in [3.8, 4) is 17.2 Å².